The highest BCUT2D eigenvalue weighted by Crippen LogP contribution is 2.50. The van der Waals surface area contributed by atoms with Crippen LogP contribution in [0.4, 0.5) is 4.39 Å². The van der Waals surface area contributed by atoms with Crippen LogP contribution in [0.1, 0.15) is 112 Å². The summed E-state index contributed by atoms with van der Waals surface area (Å²) < 4.78 is 26.5. The number of amides is 6. The van der Waals surface area contributed by atoms with Crippen molar-refractivity contribution < 1.29 is 57.3 Å². The second-order valence-electron chi connectivity index (χ2n) is 18.5. The number of ether oxygens (including phenoxy) is 2. The molecule has 6 amide bonds. The first-order chi connectivity index (χ1) is 34.0. The average Bonchev–Trinajstić information content (AvgIpc) is 3.69. The van der Waals surface area contributed by atoms with Gasteiger partial charge in [-0.05, 0) is 97.8 Å². The number of unbranched alkanes of at least 4 members (excludes halogenated alkanes) is 2. The zero-order valence-electron chi connectivity index (χ0n) is 40.5. The van der Waals surface area contributed by atoms with Gasteiger partial charge in [-0.3, -0.25) is 33.6 Å². The van der Waals surface area contributed by atoms with Crippen LogP contribution in [0.2, 0.25) is 0 Å². The number of hydrogen-bond donors (Lipinski definition) is 7. The number of nitrogens with one attached hydrogen (secondary N) is 6. The summed E-state index contributed by atoms with van der Waals surface area (Å²) in [7, 11) is 0. The molecule has 0 fully saturated rings. The quantitative estimate of drug-likeness (QED) is 0.0490. The maximum atomic E-state index is 15.5. The van der Waals surface area contributed by atoms with Crippen LogP contribution in [0.3, 0.4) is 0 Å². The van der Waals surface area contributed by atoms with Gasteiger partial charge in [0.25, 0.3) is 0 Å². The highest BCUT2D eigenvalue weighted by atomic mass is 19.1. The minimum Gasteiger partial charge on any atom is -0.458 e. The second kappa shape index (κ2) is 22.9. The van der Waals surface area contributed by atoms with Gasteiger partial charge >= 0.3 is 5.97 Å². The number of hydrogen-bond acceptors (Lipinski definition) is 12. The fourth-order valence-electron chi connectivity index (χ4n) is 9.75. The number of halogens is 1. The summed E-state index contributed by atoms with van der Waals surface area (Å²) in [4.78, 5) is 109. The van der Waals surface area contributed by atoms with Gasteiger partial charge < -0.3 is 46.5 Å². The number of carbonyl (C=O) groups excluding carboxylic acids is 8. The Morgan fingerprint density at radius 2 is 1.62 bits per heavy atom. The molecule has 71 heavy (non-hydrogen) atoms. The van der Waals surface area contributed by atoms with E-state index in [1.165, 1.54) is 13.0 Å². The molecule has 1 aliphatic heterocycles. The third-order valence-electron chi connectivity index (χ3n) is 13.8. The summed E-state index contributed by atoms with van der Waals surface area (Å²) >= 11 is 0. The molecule has 0 spiro atoms. The third-order valence-corrected chi connectivity index (χ3v) is 13.8. The van der Waals surface area contributed by atoms with Gasteiger partial charge in [-0.25, -0.2) is 14.2 Å². The molecule has 1 unspecified atom stereocenters. The smallest absolute Gasteiger partial charge is 0.343 e. The molecule has 5 atom stereocenters. The first-order valence-corrected chi connectivity index (χ1v) is 24.4. The number of aromatic nitrogens is 1. The van der Waals surface area contributed by atoms with Crippen LogP contribution in [0.25, 0.3) is 16.5 Å². The van der Waals surface area contributed by atoms with Gasteiger partial charge in [0.2, 0.25) is 35.4 Å². The first kappa shape index (κ1) is 52.0. The van der Waals surface area contributed by atoms with Gasteiger partial charge in [0.05, 0.1) is 36.9 Å². The maximum absolute atomic E-state index is 15.5. The highest BCUT2D eigenvalue weighted by molar-refractivity contribution is 6.03. The third kappa shape index (κ3) is 11.8. The van der Waals surface area contributed by atoms with E-state index >= 15 is 4.39 Å². The molecule has 2 aromatic carbocycles. The van der Waals surface area contributed by atoms with E-state index in [1.807, 2.05) is 6.92 Å². The van der Waals surface area contributed by atoms with Gasteiger partial charge in [0.1, 0.15) is 31.3 Å². The summed E-state index contributed by atoms with van der Waals surface area (Å²) in [6, 6.07) is 8.59. The summed E-state index contributed by atoms with van der Waals surface area (Å²) in [6.07, 6.45) is 5.48. The van der Waals surface area contributed by atoms with Gasteiger partial charge in [-0.1, -0.05) is 57.0 Å². The van der Waals surface area contributed by atoms with Crippen LogP contribution in [-0.2, 0) is 67.1 Å². The van der Waals surface area contributed by atoms with Crippen molar-refractivity contribution in [3.05, 3.63) is 92.9 Å². The van der Waals surface area contributed by atoms with Crippen molar-refractivity contribution in [2.45, 2.75) is 122 Å². The van der Waals surface area contributed by atoms with Crippen molar-refractivity contribution in [2.24, 2.45) is 5.92 Å². The lowest BCUT2D eigenvalue weighted by atomic mass is 9.79. The molecule has 0 radical (unpaired) electrons. The van der Waals surface area contributed by atoms with Crippen LogP contribution < -0.4 is 31.9 Å². The SMILES string of the molecule is CCCCCC(=O)NCC(=O)NCC(=O)N[C@@H](Cc1ccccc1)C(=O)NCC(=O)NCO[C@H](C)C(=O)N[C@H]1CCc2c(C)c(F)cc3nc4c(c1c23)CC1CCC(=O)C2=C(C=C41)[C@@](O)(CC)C(=O)OC2. The molecule has 0 saturated heterocycles. The zero-order valence-corrected chi connectivity index (χ0v) is 40.5. The van der Waals surface area contributed by atoms with E-state index in [-0.39, 0.29) is 61.2 Å². The van der Waals surface area contributed by atoms with E-state index in [0.717, 1.165) is 46.1 Å². The topological polar surface area (TPSA) is 260 Å². The predicted octanol–water partition coefficient (Wildman–Crippen LogP) is 2.83. The summed E-state index contributed by atoms with van der Waals surface area (Å²) in [5.74, 6) is -4.99. The minimum atomic E-state index is -2.04. The van der Waals surface area contributed by atoms with Crippen molar-refractivity contribution in [3.8, 4) is 0 Å². The Morgan fingerprint density at radius 3 is 2.37 bits per heavy atom. The number of carbonyl (C=O) groups is 8. The number of aryl methyl sites for hydroxylation is 1. The molecule has 4 aliphatic rings. The van der Waals surface area contributed by atoms with E-state index < -0.39 is 84.9 Å². The number of fused-ring (bicyclic) bond motifs is 4. The Kier molecular flexibility index (Phi) is 16.8. The fourth-order valence-corrected chi connectivity index (χ4v) is 9.75. The van der Waals surface area contributed by atoms with Crippen molar-refractivity contribution in [1.82, 2.24) is 36.9 Å². The zero-order chi connectivity index (χ0) is 51.0. The number of nitrogens with zero attached hydrogens (tertiary/aromatic N) is 1. The van der Waals surface area contributed by atoms with Gasteiger partial charge in [0.15, 0.2) is 11.4 Å². The van der Waals surface area contributed by atoms with Crippen LogP contribution in [0.15, 0.2) is 53.6 Å². The second-order valence-corrected chi connectivity index (χ2v) is 18.5. The van der Waals surface area contributed by atoms with Crippen molar-refractivity contribution in [1.29, 1.82) is 0 Å². The first-order valence-electron chi connectivity index (χ1n) is 24.4. The molecule has 3 aromatic rings. The number of aliphatic hydroxyl groups is 1. The predicted molar refractivity (Wildman–Crippen MR) is 257 cm³/mol. The Bertz CT molecular complexity index is 2690. The number of esters is 1. The summed E-state index contributed by atoms with van der Waals surface area (Å²) in [5, 5.41) is 28.0. The average molecular weight is 980 g/mol. The van der Waals surface area contributed by atoms with Crippen molar-refractivity contribution >= 4 is 63.7 Å². The van der Waals surface area contributed by atoms with E-state index in [4.69, 9.17) is 14.5 Å². The minimum absolute atomic E-state index is 0.0241. The van der Waals surface area contributed by atoms with Crippen LogP contribution in [-0.4, -0.2) is 108 Å². The lowest BCUT2D eigenvalue weighted by Gasteiger charge is -2.34. The number of Topliss-reactive ketones (excluding diaryl/α,β-unsaturated/α-hetero) is 1. The van der Waals surface area contributed by atoms with E-state index in [1.54, 1.807) is 50.3 Å². The lowest BCUT2D eigenvalue weighted by Crippen LogP contribution is -2.52. The van der Waals surface area contributed by atoms with Crippen LogP contribution >= 0.6 is 0 Å². The highest BCUT2D eigenvalue weighted by Gasteiger charge is 2.47. The molecule has 378 valence electrons. The molecule has 2 heterocycles. The largest absolute Gasteiger partial charge is 0.458 e. The molecule has 7 N–H and O–H groups in total. The number of ketones is 1. The Hall–Kier alpha value is -6.86. The monoisotopic (exact) mass is 979 g/mol. The number of pyridine rings is 1. The van der Waals surface area contributed by atoms with Gasteiger partial charge in [-0.2, -0.15) is 0 Å². The van der Waals surface area contributed by atoms with E-state index in [0.29, 0.717) is 55.3 Å². The van der Waals surface area contributed by atoms with Gasteiger partial charge in [0, 0.05) is 41.9 Å². The Labute approximate surface area is 410 Å². The van der Waals surface area contributed by atoms with E-state index in [9.17, 15) is 43.5 Å². The summed E-state index contributed by atoms with van der Waals surface area (Å²) in [5.41, 5.74) is 3.68. The van der Waals surface area contributed by atoms with Crippen molar-refractivity contribution in [3.63, 3.8) is 0 Å². The molecular formula is C52H62FN7O11. The summed E-state index contributed by atoms with van der Waals surface area (Å²) in [6.45, 7) is 5.00. The number of allylic oxidation sites excluding steroid dienone is 1. The molecule has 18 nitrogen and oxygen atoms in total. The van der Waals surface area contributed by atoms with Crippen molar-refractivity contribution in [2.75, 3.05) is 33.0 Å². The molecular weight excluding hydrogens is 918 g/mol. The van der Waals surface area contributed by atoms with Crippen LogP contribution in [0, 0.1) is 18.7 Å². The molecule has 19 heteroatoms. The number of cyclic esters (lactones) is 1. The molecule has 7 rings (SSSR count). The van der Waals surface area contributed by atoms with Crippen LogP contribution in [0.5, 0.6) is 0 Å². The number of rotatable bonds is 20. The molecule has 1 aromatic heterocycles. The molecule has 3 aliphatic carbocycles. The Balaban J connectivity index is 0.971. The Morgan fingerprint density at radius 1 is 0.901 bits per heavy atom. The normalized spacial score (nSPS) is 19.9. The standard InChI is InChI=1S/C52H62FN7O11/c1-5-7-9-14-42(62)54-23-43(63)55-25-45(65)58-40(19-30-12-10-8-11-13-30)50(67)56-24-44(64)57-27-71-29(4)49(66)60-38-17-16-32-28(3)37(53)22-39-46(32)47(38)34-20-31-15-18-41(61)35-26-70-51(68)52(69,6-2)36(35)21-33(31)48(34)59-39/h8,10-13,21-22,29,31,38,40,69H,5-7,9,14-20,23-27H2,1-4H3,(H,54,62)(H,55,63)(H,56,67)(H,57,64)(H,58,65)(H,60,66)/t29-,31?,38+,40+,52+/m1/s1. The maximum Gasteiger partial charge on any atom is 0.343 e. The lowest BCUT2D eigenvalue weighted by molar-refractivity contribution is -0.163. The van der Waals surface area contributed by atoms with E-state index in [2.05, 4.69) is 31.9 Å². The molecule has 0 saturated carbocycles. The molecule has 0 bridgehead atoms. The fraction of sp³-hybridized carbons (Fsp3) is 0.481. The number of benzene rings is 2. The van der Waals surface area contributed by atoms with Gasteiger partial charge in [-0.15, -0.1) is 0 Å².